The molecule has 1 saturated carbocycles. The lowest BCUT2D eigenvalue weighted by atomic mass is 9.69. The highest BCUT2D eigenvalue weighted by atomic mass is 32.2. The molecule has 0 radical (unpaired) electrons. The molecule has 100 valence electrons. The van der Waals surface area contributed by atoms with Gasteiger partial charge in [-0.05, 0) is 18.9 Å². The first-order valence-corrected chi connectivity index (χ1v) is 7.67. The highest BCUT2D eigenvalue weighted by molar-refractivity contribution is 7.89. The van der Waals surface area contributed by atoms with E-state index in [0.717, 1.165) is 12.8 Å². The predicted octanol–water partition coefficient (Wildman–Crippen LogP) is 1.47. The van der Waals surface area contributed by atoms with Gasteiger partial charge in [0.25, 0.3) is 0 Å². The molecule has 2 aliphatic rings. The summed E-state index contributed by atoms with van der Waals surface area (Å²) in [5.74, 6) is 0. The molecule has 6 heteroatoms. The van der Waals surface area contributed by atoms with Crippen LogP contribution >= 0.6 is 0 Å². The maximum absolute atomic E-state index is 12.4. The topological polar surface area (TPSA) is 59.8 Å². The van der Waals surface area contributed by atoms with Crippen LogP contribution in [0.4, 0.5) is 0 Å². The standard InChI is InChI=1S/C12H17NO4S/c14-18(15,11-2-6-16-8-11)13-5-7-17-10-12(9-13)3-1-4-12/h2,6,8H,1,3-5,7,9-10H2. The molecule has 0 amide bonds. The summed E-state index contributed by atoms with van der Waals surface area (Å²) in [5, 5.41) is 0. The fraction of sp³-hybridized carbons (Fsp3) is 0.667. The number of ether oxygens (including phenoxy) is 1. The van der Waals surface area contributed by atoms with Gasteiger partial charge in [-0.3, -0.25) is 0 Å². The minimum Gasteiger partial charge on any atom is -0.471 e. The lowest BCUT2D eigenvalue weighted by molar-refractivity contribution is 0.0146. The van der Waals surface area contributed by atoms with Crippen molar-refractivity contribution in [3.8, 4) is 0 Å². The van der Waals surface area contributed by atoms with Gasteiger partial charge in [-0.15, -0.1) is 0 Å². The van der Waals surface area contributed by atoms with E-state index in [-0.39, 0.29) is 10.3 Å². The molecule has 1 aromatic heterocycles. The third-order valence-corrected chi connectivity index (χ3v) is 5.77. The number of nitrogens with zero attached hydrogens (tertiary/aromatic N) is 1. The molecule has 0 unspecified atom stereocenters. The Kier molecular flexibility index (Phi) is 2.96. The van der Waals surface area contributed by atoms with E-state index in [2.05, 4.69) is 0 Å². The number of furan rings is 1. The van der Waals surface area contributed by atoms with E-state index in [0.29, 0.717) is 26.3 Å². The fourth-order valence-corrected chi connectivity index (χ4v) is 4.15. The van der Waals surface area contributed by atoms with Crippen molar-refractivity contribution in [3.63, 3.8) is 0 Å². The normalized spacial score (nSPS) is 24.7. The minimum absolute atomic E-state index is 0.0489. The second-order valence-corrected chi connectivity index (χ2v) is 7.14. The Morgan fingerprint density at radius 2 is 2.17 bits per heavy atom. The van der Waals surface area contributed by atoms with Crippen LogP contribution in [0, 0.1) is 5.41 Å². The zero-order valence-corrected chi connectivity index (χ0v) is 11.0. The van der Waals surface area contributed by atoms with Gasteiger partial charge in [0.1, 0.15) is 11.2 Å². The average Bonchev–Trinajstić information content (AvgIpc) is 2.73. The third kappa shape index (κ3) is 1.98. The monoisotopic (exact) mass is 271 g/mol. The Hall–Kier alpha value is -0.850. The van der Waals surface area contributed by atoms with Gasteiger partial charge in [0, 0.05) is 18.5 Å². The summed E-state index contributed by atoms with van der Waals surface area (Å²) in [4.78, 5) is 0.235. The molecule has 1 spiro atoms. The SMILES string of the molecule is O=S(=O)(c1ccoc1)N1CCOCC2(CCC2)C1. The quantitative estimate of drug-likeness (QED) is 0.817. The third-order valence-electron chi connectivity index (χ3n) is 3.95. The molecule has 0 N–H and O–H groups in total. The molecule has 0 aromatic carbocycles. The summed E-state index contributed by atoms with van der Waals surface area (Å²) in [6.45, 7) is 2.15. The average molecular weight is 271 g/mol. The zero-order chi connectivity index (χ0) is 12.6. The van der Waals surface area contributed by atoms with Crippen molar-refractivity contribution in [1.29, 1.82) is 0 Å². The van der Waals surface area contributed by atoms with Crippen LogP contribution in [0.15, 0.2) is 27.9 Å². The summed E-state index contributed by atoms with van der Waals surface area (Å²) in [6.07, 6.45) is 5.96. The molecular formula is C12H17NO4S. The van der Waals surface area contributed by atoms with Gasteiger partial charge in [0.05, 0.1) is 19.5 Å². The summed E-state index contributed by atoms with van der Waals surface area (Å²) in [6, 6.07) is 1.49. The molecule has 1 aromatic rings. The molecule has 3 rings (SSSR count). The maximum Gasteiger partial charge on any atom is 0.246 e. The van der Waals surface area contributed by atoms with E-state index >= 15 is 0 Å². The van der Waals surface area contributed by atoms with Crippen molar-refractivity contribution in [2.75, 3.05) is 26.3 Å². The minimum atomic E-state index is -3.43. The zero-order valence-electron chi connectivity index (χ0n) is 10.2. The molecule has 1 saturated heterocycles. The van der Waals surface area contributed by atoms with E-state index in [4.69, 9.17) is 9.15 Å². The molecule has 1 aliphatic carbocycles. The van der Waals surface area contributed by atoms with E-state index < -0.39 is 10.0 Å². The lowest BCUT2D eigenvalue weighted by Crippen LogP contribution is -2.45. The Morgan fingerprint density at radius 1 is 1.33 bits per heavy atom. The second-order valence-electron chi connectivity index (χ2n) is 5.20. The molecule has 2 fully saturated rings. The van der Waals surface area contributed by atoms with E-state index in [1.165, 1.54) is 25.0 Å². The molecular weight excluding hydrogens is 254 g/mol. The van der Waals surface area contributed by atoms with Crippen LogP contribution in [0.1, 0.15) is 19.3 Å². The number of sulfonamides is 1. The van der Waals surface area contributed by atoms with Crippen LogP contribution in [0.5, 0.6) is 0 Å². The summed E-state index contributed by atoms with van der Waals surface area (Å²) < 4.78 is 36.9. The van der Waals surface area contributed by atoms with Crippen molar-refractivity contribution >= 4 is 10.0 Å². The second kappa shape index (κ2) is 4.36. The van der Waals surface area contributed by atoms with Gasteiger partial charge in [0.15, 0.2) is 0 Å². The van der Waals surface area contributed by atoms with Crippen molar-refractivity contribution in [3.05, 3.63) is 18.6 Å². The van der Waals surface area contributed by atoms with E-state index in [9.17, 15) is 8.42 Å². The van der Waals surface area contributed by atoms with E-state index in [1.54, 1.807) is 4.31 Å². The molecule has 18 heavy (non-hydrogen) atoms. The highest BCUT2D eigenvalue weighted by Crippen LogP contribution is 2.43. The summed E-state index contributed by atoms with van der Waals surface area (Å²) in [7, 11) is -3.43. The smallest absolute Gasteiger partial charge is 0.246 e. The van der Waals surface area contributed by atoms with Crippen LogP contribution in [0.3, 0.4) is 0 Å². The van der Waals surface area contributed by atoms with Crippen LogP contribution in [0.25, 0.3) is 0 Å². The lowest BCUT2D eigenvalue weighted by Gasteiger charge is -2.42. The van der Waals surface area contributed by atoms with Crippen molar-refractivity contribution in [1.82, 2.24) is 4.31 Å². The molecule has 5 nitrogen and oxygen atoms in total. The molecule has 0 bridgehead atoms. The number of hydrogen-bond acceptors (Lipinski definition) is 4. The molecule has 2 heterocycles. The Balaban J connectivity index is 1.86. The first kappa shape index (κ1) is 12.2. The van der Waals surface area contributed by atoms with Crippen molar-refractivity contribution in [2.24, 2.45) is 5.41 Å². The Bertz CT molecular complexity index is 504. The Labute approximate surface area is 107 Å². The van der Waals surface area contributed by atoms with Crippen molar-refractivity contribution < 1.29 is 17.6 Å². The van der Waals surface area contributed by atoms with Crippen LogP contribution in [0.2, 0.25) is 0 Å². The molecule has 0 atom stereocenters. The number of hydrogen-bond donors (Lipinski definition) is 0. The van der Waals surface area contributed by atoms with Crippen LogP contribution in [-0.4, -0.2) is 39.0 Å². The van der Waals surface area contributed by atoms with E-state index in [1.807, 2.05) is 0 Å². The maximum atomic E-state index is 12.4. The highest BCUT2D eigenvalue weighted by Gasteiger charge is 2.43. The predicted molar refractivity (Wildman–Crippen MR) is 64.6 cm³/mol. The number of rotatable bonds is 2. The first-order valence-electron chi connectivity index (χ1n) is 6.23. The Morgan fingerprint density at radius 3 is 2.78 bits per heavy atom. The molecule has 1 aliphatic heterocycles. The van der Waals surface area contributed by atoms with Gasteiger partial charge in [0.2, 0.25) is 10.0 Å². The van der Waals surface area contributed by atoms with Gasteiger partial charge >= 0.3 is 0 Å². The van der Waals surface area contributed by atoms with Gasteiger partial charge < -0.3 is 9.15 Å². The summed E-state index contributed by atoms with van der Waals surface area (Å²) >= 11 is 0. The van der Waals surface area contributed by atoms with Crippen LogP contribution in [-0.2, 0) is 14.8 Å². The largest absolute Gasteiger partial charge is 0.471 e. The van der Waals surface area contributed by atoms with Gasteiger partial charge in [-0.1, -0.05) is 6.42 Å². The van der Waals surface area contributed by atoms with Gasteiger partial charge in [-0.2, -0.15) is 4.31 Å². The van der Waals surface area contributed by atoms with Gasteiger partial charge in [-0.25, -0.2) is 8.42 Å². The first-order chi connectivity index (χ1) is 8.62. The van der Waals surface area contributed by atoms with Crippen molar-refractivity contribution in [2.45, 2.75) is 24.2 Å². The fourth-order valence-electron chi connectivity index (χ4n) is 2.69. The summed E-state index contributed by atoms with van der Waals surface area (Å²) in [5.41, 5.74) is 0.0489. The van der Waals surface area contributed by atoms with Crippen LogP contribution < -0.4 is 0 Å².